The minimum absolute atomic E-state index is 0.0836. The van der Waals surface area contributed by atoms with Gasteiger partial charge in [-0.2, -0.15) is 0 Å². The Hall–Kier alpha value is -1.93. The monoisotopic (exact) mass is 419 g/mol. The highest BCUT2D eigenvalue weighted by Crippen LogP contribution is 2.35. The number of hydrogen-bond donors (Lipinski definition) is 3. The van der Waals surface area contributed by atoms with Crippen LogP contribution in [0.3, 0.4) is 0 Å². The highest BCUT2D eigenvalue weighted by atomic mass is 35.5. The van der Waals surface area contributed by atoms with Crippen LogP contribution in [0, 0.1) is 6.92 Å². The number of rotatable bonds is 4. The first kappa shape index (κ1) is 19.4. The second kappa shape index (κ2) is 7.15. The van der Waals surface area contributed by atoms with Gasteiger partial charge in [-0.1, -0.05) is 29.8 Å². The van der Waals surface area contributed by atoms with Gasteiger partial charge in [0, 0.05) is 22.2 Å². The molecule has 28 heavy (non-hydrogen) atoms. The summed E-state index contributed by atoms with van der Waals surface area (Å²) in [7, 11) is -3.76. The van der Waals surface area contributed by atoms with Gasteiger partial charge in [0.25, 0.3) is 0 Å². The van der Waals surface area contributed by atoms with Gasteiger partial charge in [-0.3, -0.25) is 4.99 Å². The number of halogens is 1. The van der Waals surface area contributed by atoms with Crippen LogP contribution in [0.25, 0.3) is 11.1 Å². The molecule has 2 aromatic rings. The summed E-state index contributed by atoms with van der Waals surface area (Å²) in [4.78, 5) is 4.36. The van der Waals surface area contributed by atoms with Gasteiger partial charge in [-0.05, 0) is 55.0 Å². The summed E-state index contributed by atoms with van der Waals surface area (Å²) < 4.78 is 28.0. The summed E-state index contributed by atoms with van der Waals surface area (Å²) >= 11 is 6.47. The third-order valence-electron chi connectivity index (χ3n) is 5.55. The van der Waals surface area contributed by atoms with Crippen molar-refractivity contribution in [1.29, 1.82) is 0 Å². The van der Waals surface area contributed by atoms with Crippen molar-refractivity contribution in [3.63, 3.8) is 0 Å². The second-order valence-corrected chi connectivity index (χ2v) is 9.46. The van der Waals surface area contributed by atoms with E-state index in [0.29, 0.717) is 30.2 Å². The zero-order valence-corrected chi connectivity index (χ0v) is 17.0. The molecule has 148 valence electrons. The molecule has 1 aliphatic carbocycles. The first-order chi connectivity index (χ1) is 13.3. The van der Waals surface area contributed by atoms with Crippen LogP contribution in [0.1, 0.15) is 36.0 Å². The molecule has 0 radical (unpaired) electrons. The van der Waals surface area contributed by atoms with Crippen LogP contribution in [0.15, 0.2) is 40.2 Å². The largest absolute Gasteiger partial charge is 0.391 e. The first-order valence-electron chi connectivity index (χ1n) is 9.21. The van der Waals surface area contributed by atoms with Gasteiger partial charge in [0.05, 0.1) is 17.5 Å². The van der Waals surface area contributed by atoms with Gasteiger partial charge in [0.15, 0.2) is 0 Å². The molecule has 0 unspecified atom stereocenters. The molecule has 4 N–H and O–H groups in total. The number of amidine groups is 1. The summed E-state index contributed by atoms with van der Waals surface area (Å²) in [6, 6.07) is 8.18. The zero-order chi connectivity index (χ0) is 20.1. The van der Waals surface area contributed by atoms with E-state index in [9.17, 15) is 13.5 Å². The number of sulfonamides is 1. The number of nitrogens with one attached hydrogen (secondary N) is 1. The molecule has 0 spiro atoms. The molecule has 0 bridgehead atoms. The molecular weight excluding hydrogens is 398 g/mol. The van der Waals surface area contributed by atoms with Crippen LogP contribution in [-0.2, 0) is 16.6 Å². The molecule has 2 aromatic carbocycles. The van der Waals surface area contributed by atoms with Crippen LogP contribution in [0.5, 0.6) is 0 Å². The average molecular weight is 420 g/mol. The van der Waals surface area contributed by atoms with E-state index < -0.39 is 22.2 Å². The maximum absolute atomic E-state index is 12.7. The molecular formula is C20H22ClN3O3S. The first-order valence-corrected chi connectivity index (χ1v) is 11.1. The minimum Gasteiger partial charge on any atom is -0.391 e. The number of hydrogen-bond acceptors (Lipinski definition) is 5. The van der Waals surface area contributed by atoms with Crippen molar-refractivity contribution in [3.8, 4) is 11.1 Å². The summed E-state index contributed by atoms with van der Waals surface area (Å²) in [5.41, 5.74) is 10.6. The molecule has 1 fully saturated rings. The van der Waals surface area contributed by atoms with E-state index in [1.165, 1.54) is 12.1 Å². The van der Waals surface area contributed by atoms with Crippen LogP contribution in [0.4, 0.5) is 0 Å². The van der Waals surface area contributed by atoms with Crippen LogP contribution >= 0.6 is 11.6 Å². The van der Waals surface area contributed by atoms with E-state index >= 15 is 0 Å². The lowest BCUT2D eigenvalue weighted by Crippen LogP contribution is -2.39. The lowest BCUT2D eigenvalue weighted by molar-refractivity contribution is 0.159. The Balaban J connectivity index is 1.68. The Morgan fingerprint density at radius 3 is 2.64 bits per heavy atom. The molecule has 8 heteroatoms. The third-order valence-corrected chi connectivity index (χ3v) is 7.35. The maximum Gasteiger partial charge on any atom is 0.240 e. The number of nitrogens with zero attached hydrogens (tertiary/aromatic N) is 1. The van der Waals surface area contributed by atoms with Crippen LogP contribution in [0.2, 0.25) is 5.02 Å². The average Bonchev–Trinajstić information content (AvgIpc) is 3.22. The van der Waals surface area contributed by atoms with Crippen molar-refractivity contribution in [2.24, 2.45) is 10.7 Å². The van der Waals surface area contributed by atoms with Crippen molar-refractivity contribution in [2.75, 3.05) is 0 Å². The quantitative estimate of drug-likeness (QED) is 0.708. The fourth-order valence-corrected chi connectivity index (χ4v) is 5.70. The van der Waals surface area contributed by atoms with Gasteiger partial charge in [0.1, 0.15) is 5.84 Å². The van der Waals surface area contributed by atoms with Crippen molar-refractivity contribution in [3.05, 3.63) is 52.0 Å². The second-order valence-electron chi connectivity index (χ2n) is 7.34. The van der Waals surface area contributed by atoms with Gasteiger partial charge in [-0.25, -0.2) is 13.1 Å². The minimum atomic E-state index is -3.76. The molecule has 0 aromatic heterocycles. The Kier molecular flexibility index (Phi) is 4.95. The Morgan fingerprint density at radius 1 is 1.21 bits per heavy atom. The highest BCUT2D eigenvalue weighted by Gasteiger charge is 2.30. The van der Waals surface area contributed by atoms with Crippen molar-refractivity contribution >= 4 is 27.5 Å². The normalized spacial score (nSPS) is 21.6. The lowest BCUT2D eigenvalue weighted by Gasteiger charge is -2.17. The molecule has 2 aliphatic rings. The number of aliphatic hydroxyl groups excluding tert-OH is 1. The predicted octanol–water partition coefficient (Wildman–Crippen LogP) is 2.73. The van der Waals surface area contributed by atoms with Crippen molar-refractivity contribution in [2.45, 2.75) is 49.8 Å². The number of aliphatic imine (C=N–C) groups is 1. The van der Waals surface area contributed by atoms with Crippen LogP contribution in [-0.4, -0.2) is 31.5 Å². The van der Waals surface area contributed by atoms with E-state index in [1.54, 1.807) is 6.07 Å². The molecule has 1 saturated carbocycles. The lowest BCUT2D eigenvalue weighted by atomic mass is 9.93. The van der Waals surface area contributed by atoms with E-state index in [4.69, 9.17) is 17.3 Å². The van der Waals surface area contributed by atoms with E-state index in [1.807, 2.05) is 19.1 Å². The SMILES string of the molecule is Cc1c(-c2ccc(S(=O)(=O)N[C@@H]3CCC[C@@H]3O)cc2Cl)ccc2c1C(N)=NC2. The molecule has 6 nitrogen and oxygen atoms in total. The topological polar surface area (TPSA) is 105 Å². The van der Waals surface area contributed by atoms with Gasteiger partial charge >= 0.3 is 0 Å². The molecule has 2 atom stereocenters. The highest BCUT2D eigenvalue weighted by molar-refractivity contribution is 7.89. The molecule has 4 rings (SSSR count). The molecule has 0 saturated heterocycles. The summed E-state index contributed by atoms with van der Waals surface area (Å²) in [6.07, 6.45) is 1.39. The molecule has 1 heterocycles. The van der Waals surface area contributed by atoms with E-state index in [-0.39, 0.29) is 4.90 Å². The Labute approximate surface area is 169 Å². The number of benzene rings is 2. The Morgan fingerprint density at radius 2 is 1.96 bits per heavy atom. The van der Waals surface area contributed by atoms with Crippen LogP contribution < -0.4 is 10.5 Å². The zero-order valence-electron chi connectivity index (χ0n) is 15.4. The fourth-order valence-electron chi connectivity index (χ4n) is 4.02. The number of fused-ring (bicyclic) bond motifs is 1. The summed E-state index contributed by atoms with van der Waals surface area (Å²) in [5.74, 6) is 0.518. The van der Waals surface area contributed by atoms with Gasteiger partial charge in [0.2, 0.25) is 10.0 Å². The van der Waals surface area contributed by atoms with Gasteiger partial charge < -0.3 is 10.8 Å². The number of nitrogens with two attached hydrogens (primary N) is 1. The summed E-state index contributed by atoms with van der Waals surface area (Å²) in [5, 5.41) is 10.2. The number of aliphatic hydroxyl groups is 1. The van der Waals surface area contributed by atoms with Gasteiger partial charge in [-0.15, -0.1) is 0 Å². The standard InChI is InChI=1S/C20H22ClN3O3S/c1-11-14(7-5-12-10-23-20(22)19(11)12)15-8-6-13(9-16(15)21)28(26,27)24-17-3-2-4-18(17)25/h5-9,17-18,24-25H,2-4,10H2,1H3,(H2,22,23)/t17-,18+/m1/s1. The smallest absolute Gasteiger partial charge is 0.240 e. The predicted molar refractivity (Wildman–Crippen MR) is 110 cm³/mol. The van der Waals surface area contributed by atoms with Crippen molar-refractivity contribution in [1.82, 2.24) is 4.72 Å². The third kappa shape index (κ3) is 3.33. The van der Waals surface area contributed by atoms with Crippen molar-refractivity contribution < 1.29 is 13.5 Å². The summed E-state index contributed by atoms with van der Waals surface area (Å²) in [6.45, 7) is 2.54. The Bertz CT molecular complexity index is 1080. The molecule has 1 aliphatic heterocycles. The van der Waals surface area contributed by atoms with E-state index in [0.717, 1.165) is 34.2 Å². The maximum atomic E-state index is 12.7. The van der Waals surface area contributed by atoms with E-state index in [2.05, 4.69) is 9.71 Å². The fraction of sp³-hybridized carbons (Fsp3) is 0.350. The molecule has 0 amide bonds.